The number of carbonyl (C=O) groups is 1. The van der Waals surface area contributed by atoms with Crippen LogP contribution < -0.4 is 4.90 Å². The fraction of sp³-hybridized carbons (Fsp3) is 0.321. The zero-order valence-electron chi connectivity index (χ0n) is 20.1. The van der Waals surface area contributed by atoms with E-state index in [0.29, 0.717) is 32.1 Å². The van der Waals surface area contributed by atoms with Crippen LogP contribution in [0.2, 0.25) is 0 Å². The molecule has 0 unspecified atom stereocenters. The standard InChI is InChI=1S/C28H31N4O2P/c1-21-6-11-25(35-20-21)18-30-17-24-4-2-3-5-26(24)32(27(33)19-30)16-22-7-9-23(10-8-22)28(29)31-12-14-34-15-13-31/h2-11,20,29H,12-19H2,1H3. The Hall–Kier alpha value is -3.05. The van der Waals surface area contributed by atoms with E-state index in [2.05, 4.69) is 52.9 Å². The Bertz CT molecular complexity index is 1190. The van der Waals surface area contributed by atoms with Crippen LogP contribution in [0.15, 0.2) is 66.5 Å². The summed E-state index contributed by atoms with van der Waals surface area (Å²) in [6.45, 7) is 7.40. The molecule has 0 aliphatic carbocycles. The third kappa shape index (κ3) is 5.62. The lowest BCUT2D eigenvalue weighted by Crippen LogP contribution is -2.40. The minimum absolute atomic E-state index is 0.115. The molecule has 1 N–H and O–H groups in total. The number of rotatable bonds is 5. The molecular formula is C28H31N4O2P. The van der Waals surface area contributed by atoms with E-state index in [-0.39, 0.29) is 5.91 Å². The summed E-state index contributed by atoms with van der Waals surface area (Å²) in [5.74, 6) is 2.87. The molecule has 35 heavy (non-hydrogen) atoms. The van der Waals surface area contributed by atoms with Gasteiger partial charge < -0.3 is 14.5 Å². The summed E-state index contributed by atoms with van der Waals surface area (Å²) in [4.78, 5) is 19.7. The molecule has 1 amide bonds. The summed E-state index contributed by atoms with van der Waals surface area (Å²) >= 11 is 0. The van der Waals surface area contributed by atoms with Gasteiger partial charge in [-0.15, -0.1) is 0 Å². The number of hydrogen-bond donors (Lipinski definition) is 1. The first kappa shape index (κ1) is 23.7. The van der Waals surface area contributed by atoms with E-state index in [1.165, 1.54) is 24.6 Å². The van der Waals surface area contributed by atoms with E-state index in [1.54, 1.807) is 0 Å². The van der Waals surface area contributed by atoms with Gasteiger partial charge in [-0.25, -0.2) is 0 Å². The largest absolute Gasteiger partial charge is 0.378 e. The zero-order valence-corrected chi connectivity index (χ0v) is 21.0. The molecule has 3 heterocycles. The van der Waals surface area contributed by atoms with E-state index in [0.717, 1.165) is 43.0 Å². The number of nitrogens with one attached hydrogen (secondary N) is 1. The highest BCUT2D eigenvalue weighted by Crippen LogP contribution is 2.29. The highest BCUT2D eigenvalue weighted by molar-refractivity contribution is 7.30. The number of amides is 1. The molecule has 1 saturated heterocycles. The summed E-state index contributed by atoms with van der Waals surface area (Å²) in [7, 11) is 1.21. The number of morpholine rings is 1. The van der Waals surface area contributed by atoms with E-state index < -0.39 is 0 Å². The van der Waals surface area contributed by atoms with Crippen molar-refractivity contribution in [3.05, 3.63) is 94.0 Å². The maximum Gasteiger partial charge on any atom is 0.241 e. The van der Waals surface area contributed by atoms with E-state index >= 15 is 0 Å². The highest BCUT2D eigenvalue weighted by atomic mass is 31.0. The third-order valence-corrected chi connectivity index (χ3v) is 7.75. The summed E-state index contributed by atoms with van der Waals surface area (Å²) in [6.07, 6.45) is 0. The van der Waals surface area contributed by atoms with Crippen molar-refractivity contribution >= 4 is 25.6 Å². The van der Waals surface area contributed by atoms with E-state index in [4.69, 9.17) is 10.1 Å². The van der Waals surface area contributed by atoms with Gasteiger partial charge in [0.2, 0.25) is 5.91 Å². The van der Waals surface area contributed by atoms with E-state index in [9.17, 15) is 4.79 Å². The number of carbonyl (C=O) groups excluding carboxylic acids is 1. The van der Waals surface area contributed by atoms with E-state index in [1.807, 2.05) is 35.2 Å². The van der Waals surface area contributed by atoms with Crippen LogP contribution in [0.4, 0.5) is 5.69 Å². The molecule has 0 bridgehead atoms. The molecule has 5 rings (SSSR count). The number of nitrogens with zero attached hydrogens (tertiary/aromatic N) is 3. The van der Waals surface area contributed by atoms with Crippen LogP contribution in [0.1, 0.15) is 27.5 Å². The molecule has 0 saturated carbocycles. The second-order valence-corrected chi connectivity index (χ2v) is 10.3. The molecule has 3 aromatic rings. The van der Waals surface area contributed by atoms with Crippen LogP contribution in [0.25, 0.3) is 0 Å². The van der Waals surface area contributed by atoms with Crippen molar-refractivity contribution in [3.8, 4) is 0 Å². The van der Waals surface area contributed by atoms with Gasteiger partial charge in [-0.05, 0) is 40.8 Å². The fourth-order valence-corrected chi connectivity index (χ4v) is 5.54. The first-order chi connectivity index (χ1) is 17.1. The van der Waals surface area contributed by atoms with Gasteiger partial charge in [-0.3, -0.25) is 15.1 Å². The van der Waals surface area contributed by atoms with Gasteiger partial charge in [0.1, 0.15) is 5.84 Å². The molecular weight excluding hydrogens is 455 g/mol. The predicted octanol–water partition coefficient (Wildman–Crippen LogP) is 4.78. The van der Waals surface area contributed by atoms with Crippen molar-refractivity contribution < 1.29 is 9.53 Å². The second-order valence-electron chi connectivity index (χ2n) is 9.23. The Labute approximate surface area is 208 Å². The molecule has 7 heteroatoms. The van der Waals surface area contributed by atoms with Crippen molar-refractivity contribution in [2.75, 3.05) is 37.7 Å². The lowest BCUT2D eigenvalue weighted by atomic mass is 10.1. The van der Waals surface area contributed by atoms with Gasteiger partial charge in [-0.1, -0.05) is 62.8 Å². The highest BCUT2D eigenvalue weighted by Gasteiger charge is 2.26. The Kier molecular flexibility index (Phi) is 7.24. The molecule has 1 aromatic heterocycles. The lowest BCUT2D eigenvalue weighted by Gasteiger charge is -2.29. The summed E-state index contributed by atoms with van der Waals surface area (Å²) in [5, 5.41) is 9.85. The van der Waals surface area contributed by atoms with Gasteiger partial charge in [0.15, 0.2) is 0 Å². The Morgan fingerprint density at radius 3 is 2.49 bits per heavy atom. The zero-order chi connectivity index (χ0) is 24.2. The van der Waals surface area contributed by atoms with Crippen molar-refractivity contribution in [1.82, 2.24) is 9.80 Å². The number of para-hydroxylation sites is 1. The molecule has 6 nitrogen and oxygen atoms in total. The molecule has 2 aliphatic heterocycles. The number of fused-ring (bicyclic) bond motifs is 1. The second kappa shape index (κ2) is 10.7. The third-order valence-electron chi connectivity index (χ3n) is 6.59. The number of hydrogen-bond acceptors (Lipinski definition) is 4. The molecule has 0 atom stereocenters. The normalized spacial score (nSPS) is 16.9. The van der Waals surface area contributed by atoms with Gasteiger partial charge in [-0.2, -0.15) is 0 Å². The summed E-state index contributed by atoms with van der Waals surface area (Å²) in [5.41, 5.74) is 5.40. The smallest absolute Gasteiger partial charge is 0.241 e. The molecule has 2 aromatic carbocycles. The summed E-state index contributed by atoms with van der Waals surface area (Å²) < 4.78 is 5.41. The van der Waals surface area contributed by atoms with Gasteiger partial charge in [0, 0.05) is 37.4 Å². The van der Waals surface area contributed by atoms with Crippen LogP contribution >= 0.6 is 8.19 Å². The maximum absolute atomic E-state index is 13.5. The van der Waals surface area contributed by atoms with Gasteiger partial charge >= 0.3 is 0 Å². The topological polar surface area (TPSA) is 59.9 Å². The lowest BCUT2D eigenvalue weighted by molar-refractivity contribution is -0.119. The first-order valence-electron chi connectivity index (χ1n) is 12.1. The van der Waals surface area contributed by atoms with Crippen LogP contribution in [0.3, 0.4) is 0 Å². The Balaban J connectivity index is 1.32. The predicted molar refractivity (Wildman–Crippen MR) is 141 cm³/mol. The minimum atomic E-state index is 0.115. The molecule has 1 fully saturated rings. The minimum Gasteiger partial charge on any atom is -0.378 e. The van der Waals surface area contributed by atoms with Gasteiger partial charge in [0.05, 0.1) is 26.3 Å². The van der Waals surface area contributed by atoms with Crippen molar-refractivity contribution in [1.29, 1.82) is 5.41 Å². The monoisotopic (exact) mass is 486 g/mol. The first-order valence-corrected chi connectivity index (χ1v) is 13.1. The number of aryl methyl sites for hydroxylation is 1. The Morgan fingerprint density at radius 1 is 0.971 bits per heavy atom. The van der Waals surface area contributed by atoms with Crippen molar-refractivity contribution in [2.45, 2.75) is 26.6 Å². The maximum atomic E-state index is 13.5. The molecule has 180 valence electrons. The average Bonchev–Trinajstić information content (AvgIpc) is 3.02. The Morgan fingerprint density at radius 2 is 1.74 bits per heavy atom. The SMILES string of the molecule is Cc1ccc(CN2CC(=O)N(Cc3ccc(C(=N)N4CCOCC4)cc3)c3ccccc3C2)pc1. The van der Waals surface area contributed by atoms with Crippen molar-refractivity contribution in [3.63, 3.8) is 0 Å². The average molecular weight is 487 g/mol. The number of ether oxygens (including phenoxy) is 1. The summed E-state index contributed by atoms with van der Waals surface area (Å²) in [6, 6.07) is 20.6. The molecule has 0 radical (unpaired) electrons. The van der Waals surface area contributed by atoms with Crippen LogP contribution in [0.5, 0.6) is 0 Å². The van der Waals surface area contributed by atoms with Crippen LogP contribution in [-0.2, 0) is 29.2 Å². The molecule has 0 spiro atoms. The number of anilines is 1. The number of benzene rings is 2. The van der Waals surface area contributed by atoms with Crippen molar-refractivity contribution in [2.24, 2.45) is 0 Å². The quantitative estimate of drug-likeness (QED) is 0.417. The fourth-order valence-electron chi connectivity index (χ4n) is 4.64. The van der Waals surface area contributed by atoms with Gasteiger partial charge in [0.25, 0.3) is 0 Å². The number of amidine groups is 1. The molecule has 2 aliphatic rings. The van der Waals surface area contributed by atoms with Crippen LogP contribution in [0, 0.1) is 12.3 Å². The van der Waals surface area contributed by atoms with Crippen LogP contribution in [-0.4, -0.2) is 54.4 Å².